The Morgan fingerprint density at radius 3 is 2.17 bits per heavy atom. The zero-order chi connectivity index (χ0) is 25.0. The van der Waals surface area contributed by atoms with Gasteiger partial charge in [0.2, 0.25) is 11.8 Å². The second kappa shape index (κ2) is 13.7. The van der Waals surface area contributed by atoms with Crippen molar-refractivity contribution in [1.82, 2.24) is 10.2 Å². The summed E-state index contributed by atoms with van der Waals surface area (Å²) in [5, 5.41) is 3.06. The summed E-state index contributed by atoms with van der Waals surface area (Å²) >= 11 is 1.62. The molecule has 0 aliphatic heterocycles. The van der Waals surface area contributed by atoms with E-state index in [0.717, 1.165) is 22.4 Å². The molecule has 0 spiro atoms. The number of halogens is 1. The number of benzene rings is 3. The molecule has 3 aromatic carbocycles. The highest BCUT2D eigenvalue weighted by atomic mass is 32.2. The predicted molar refractivity (Wildman–Crippen MR) is 141 cm³/mol. The molecule has 2 atom stereocenters. The zero-order valence-electron chi connectivity index (χ0n) is 20.3. The van der Waals surface area contributed by atoms with Crippen molar-refractivity contribution in [3.8, 4) is 0 Å². The third kappa shape index (κ3) is 8.55. The average Bonchev–Trinajstić information content (AvgIpc) is 2.88. The van der Waals surface area contributed by atoms with Crippen molar-refractivity contribution >= 4 is 23.6 Å². The predicted octanol–water partition coefficient (Wildman–Crippen LogP) is 5.86. The summed E-state index contributed by atoms with van der Waals surface area (Å²) in [6.07, 6.45) is 1.49. The van der Waals surface area contributed by atoms with Crippen LogP contribution in [0.3, 0.4) is 0 Å². The van der Waals surface area contributed by atoms with E-state index in [-0.39, 0.29) is 30.2 Å². The Kier molecular flexibility index (Phi) is 10.4. The van der Waals surface area contributed by atoms with Crippen LogP contribution in [0.15, 0.2) is 89.8 Å². The molecule has 184 valence electrons. The van der Waals surface area contributed by atoms with Crippen molar-refractivity contribution < 1.29 is 14.0 Å². The largest absolute Gasteiger partial charge is 0.352 e. The van der Waals surface area contributed by atoms with Gasteiger partial charge in [-0.25, -0.2) is 4.39 Å². The molecular formula is C29H33FN2O2S. The van der Waals surface area contributed by atoms with E-state index in [4.69, 9.17) is 0 Å². The minimum absolute atomic E-state index is 0.00261. The lowest BCUT2D eigenvalue weighted by atomic mass is 10.0. The number of thioether (sulfide) groups is 1. The number of nitrogens with zero attached hydrogens (tertiary/aromatic N) is 1. The second-order valence-electron chi connectivity index (χ2n) is 8.58. The third-order valence-corrected chi connectivity index (χ3v) is 6.88. The van der Waals surface area contributed by atoms with Gasteiger partial charge in [0, 0.05) is 36.1 Å². The van der Waals surface area contributed by atoms with Gasteiger partial charge in [-0.3, -0.25) is 9.59 Å². The van der Waals surface area contributed by atoms with Crippen LogP contribution in [-0.2, 0) is 22.6 Å². The van der Waals surface area contributed by atoms with E-state index < -0.39 is 6.04 Å². The van der Waals surface area contributed by atoms with E-state index in [9.17, 15) is 14.0 Å². The van der Waals surface area contributed by atoms with Gasteiger partial charge in [-0.05, 0) is 48.7 Å². The number of hydrogen-bond donors (Lipinski definition) is 1. The number of hydrogen-bond acceptors (Lipinski definition) is 3. The molecule has 0 fully saturated rings. The third-order valence-electron chi connectivity index (χ3n) is 5.87. The Hall–Kier alpha value is -3.12. The Morgan fingerprint density at radius 1 is 0.914 bits per heavy atom. The average molecular weight is 493 g/mol. The smallest absolute Gasteiger partial charge is 0.243 e. The Labute approximate surface area is 211 Å². The van der Waals surface area contributed by atoms with Crippen LogP contribution in [0.4, 0.5) is 4.39 Å². The van der Waals surface area contributed by atoms with Crippen molar-refractivity contribution in [3.05, 3.63) is 102 Å². The maximum atomic E-state index is 13.6. The number of nitrogens with one attached hydrogen (secondary N) is 1. The molecule has 0 aromatic heterocycles. The van der Waals surface area contributed by atoms with Crippen molar-refractivity contribution in [1.29, 1.82) is 0 Å². The maximum Gasteiger partial charge on any atom is 0.243 e. The van der Waals surface area contributed by atoms with Crippen molar-refractivity contribution in [2.45, 2.75) is 56.6 Å². The second-order valence-corrected chi connectivity index (χ2v) is 9.75. The van der Waals surface area contributed by atoms with Gasteiger partial charge in [-0.2, -0.15) is 0 Å². The Balaban J connectivity index is 1.85. The molecule has 0 aliphatic rings. The lowest BCUT2D eigenvalue weighted by molar-refractivity contribution is -0.141. The highest BCUT2D eigenvalue weighted by Crippen LogP contribution is 2.21. The highest BCUT2D eigenvalue weighted by molar-refractivity contribution is 7.99. The van der Waals surface area contributed by atoms with Gasteiger partial charge in [0.1, 0.15) is 11.9 Å². The maximum absolute atomic E-state index is 13.6. The molecule has 3 aromatic rings. The molecule has 2 amide bonds. The number of amides is 2. The molecule has 0 bridgehead atoms. The van der Waals surface area contributed by atoms with Gasteiger partial charge < -0.3 is 10.2 Å². The minimum Gasteiger partial charge on any atom is -0.352 e. The molecular weight excluding hydrogens is 459 g/mol. The van der Waals surface area contributed by atoms with E-state index in [1.807, 2.05) is 74.5 Å². The van der Waals surface area contributed by atoms with Gasteiger partial charge in [0.15, 0.2) is 0 Å². The van der Waals surface area contributed by atoms with Crippen molar-refractivity contribution in [2.75, 3.05) is 5.75 Å². The standard InChI is InChI=1S/C29H33FN2O2S/c1-3-22(2)31-29(34)27(20-23-10-6-4-7-11-23)32(21-24-14-16-25(30)17-15-24)28(33)18-19-35-26-12-8-5-9-13-26/h4-17,22,27H,3,18-21H2,1-2H3,(H,31,34)/t22-,27-/m0/s1. The topological polar surface area (TPSA) is 49.4 Å². The first-order chi connectivity index (χ1) is 17.0. The fourth-order valence-corrected chi connectivity index (χ4v) is 4.56. The number of carbonyl (C=O) groups excluding carboxylic acids is 2. The van der Waals surface area contributed by atoms with E-state index >= 15 is 0 Å². The van der Waals surface area contributed by atoms with Crippen molar-refractivity contribution in [3.63, 3.8) is 0 Å². The molecule has 3 rings (SSSR count). The summed E-state index contributed by atoms with van der Waals surface area (Å²) in [7, 11) is 0. The van der Waals surface area contributed by atoms with Crippen LogP contribution < -0.4 is 5.32 Å². The SMILES string of the molecule is CC[C@H](C)NC(=O)[C@H](Cc1ccccc1)N(Cc1ccc(F)cc1)C(=O)CCSc1ccccc1. The summed E-state index contributed by atoms with van der Waals surface area (Å²) in [5.74, 6) is 0.00182. The minimum atomic E-state index is -0.675. The Bertz CT molecular complexity index is 1060. The molecule has 0 aliphatic carbocycles. The summed E-state index contributed by atoms with van der Waals surface area (Å²) < 4.78 is 13.5. The summed E-state index contributed by atoms with van der Waals surface area (Å²) in [4.78, 5) is 29.7. The normalized spacial score (nSPS) is 12.5. The van der Waals surface area contributed by atoms with Gasteiger partial charge in [-0.15, -0.1) is 11.8 Å². The number of carbonyl (C=O) groups is 2. The monoisotopic (exact) mass is 492 g/mol. The van der Waals surface area contributed by atoms with Crippen LogP contribution >= 0.6 is 11.8 Å². The van der Waals surface area contributed by atoms with E-state index in [0.29, 0.717) is 18.6 Å². The van der Waals surface area contributed by atoms with Crippen LogP contribution in [-0.4, -0.2) is 34.6 Å². The highest BCUT2D eigenvalue weighted by Gasteiger charge is 2.30. The van der Waals surface area contributed by atoms with E-state index in [1.165, 1.54) is 12.1 Å². The zero-order valence-corrected chi connectivity index (χ0v) is 21.1. The van der Waals surface area contributed by atoms with Crippen molar-refractivity contribution in [2.24, 2.45) is 0 Å². The molecule has 0 saturated carbocycles. The van der Waals surface area contributed by atoms with Crippen LogP contribution in [0.2, 0.25) is 0 Å². The molecule has 6 heteroatoms. The fourth-order valence-electron chi connectivity index (χ4n) is 3.70. The summed E-state index contributed by atoms with van der Waals surface area (Å²) in [6.45, 7) is 4.21. The van der Waals surface area contributed by atoms with Crippen LogP contribution in [0, 0.1) is 5.82 Å². The fraction of sp³-hybridized carbons (Fsp3) is 0.310. The lowest BCUT2D eigenvalue weighted by Gasteiger charge is -2.32. The quantitative estimate of drug-likeness (QED) is 0.322. The summed E-state index contributed by atoms with van der Waals surface area (Å²) in [6, 6.07) is 25.1. The molecule has 1 N–H and O–H groups in total. The van der Waals surface area contributed by atoms with Gasteiger partial charge in [0.25, 0.3) is 0 Å². The first kappa shape index (κ1) is 26.5. The molecule has 0 heterocycles. The molecule has 35 heavy (non-hydrogen) atoms. The lowest BCUT2D eigenvalue weighted by Crippen LogP contribution is -2.52. The van der Waals surface area contributed by atoms with E-state index in [2.05, 4.69) is 5.32 Å². The van der Waals surface area contributed by atoms with Gasteiger partial charge in [-0.1, -0.05) is 67.6 Å². The van der Waals surface area contributed by atoms with Gasteiger partial charge >= 0.3 is 0 Å². The van der Waals surface area contributed by atoms with Gasteiger partial charge in [0.05, 0.1) is 0 Å². The Morgan fingerprint density at radius 2 is 1.54 bits per heavy atom. The molecule has 0 saturated heterocycles. The first-order valence-electron chi connectivity index (χ1n) is 12.0. The molecule has 4 nitrogen and oxygen atoms in total. The van der Waals surface area contributed by atoms with Crippen LogP contribution in [0.25, 0.3) is 0 Å². The van der Waals surface area contributed by atoms with E-state index in [1.54, 1.807) is 28.8 Å². The first-order valence-corrected chi connectivity index (χ1v) is 13.0. The van der Waals surface area contributed by atoms with Crippen LogP contribution in [0.5, 0.6) is 0 Å². The molecule has 0 unspecified atom stereocenters. The number of rotatable bonds is 12. The molecule has 0 radical (unpaired) electrons. The summed E-state index contributed by atoms with van der Waals surface area (Å²) in [5.41, 5.74) is 1.76. The van der Waals surface area contributed by atoms with Crippen LogP contribution in [0.1, 0.15) is 37.8 Å².